The molecule has 2 rings (SSSR count). The highest BCUT2D eigenvalue weighted by Crippen LogP contribution is 2.31. The van der Waals surface area contributed by atoms with Gasteiger partial charge in [-0.05, 0) is 11.3 Å². The molecule has 0 bridgehead atoms. The molecule has 1 N–H and O–H groups in total. The Morgan fingerprint density at radius 2 is 2.05 bits per heavy atom. The number of alkyl halides is 3. The molecule has 0 fully saturated rings. The van der Waals surface area contributed by atoms with Gasteiger partial charge in [-0.3, -0.25) is 0 Å². The molecule has 0 spiro atoms. The van der Waals surface area contributed by atoms with E-state index in [1.807, 2.05) is 0 Å². The van der Waals surface area contributed by atoms with E-state index >= 15 is 0 Å². The maximum Gasteiger partial charge on any atom is 0.573 e. The van der Waals surface area contributed by atoms with Crippen molar-refractivity contribution >= 4 is 0 Å². The highest BCUT2D eigenvalue weighted by Gasteiger charge is 2.32. The van der Waals surface area contributed by atoms with Crippen LogP contribution in [0, 0.1) is 0 Å². The lowest BCUT2D eigenvalue weighted by molar-refractivity contribution is -0.275. The molecule has 0 saturated heterocycles. The van der Waals surface area contributed by atoms with E-state index in [0.29, 0.717) is 0 Å². The van der Waals surface area contributed by atoms with Crippen molar-refractivity contribution in [1.82, 2.24) is 20.2 Å². The molecule has 1 heterocycles. The van der Waals surface area contributed by atoms with E-state index in [1.54, 1.807) is 7.05 Å². The van der Waals surface area contributed by atoms with Gasteiger partial charge in [0.1, 0.15) is 5.75 Å². The third-order valence-electron chi connectivity index (χ3n) is 2.43. The van der Waals surface area contributed by atoms with Crippen molar-refractivity contribution in [3.8, 4) is 5.75 Å². The van der Waals surface area contributed by atoms with Crippen LogP contribution in [0.4, 0.5) is 13.2 Å². The van der Waals surface area contributed by atoms with E-state index in [9.17, 15) is 18.3 Å². The zero-order valence-electron chi connectivity index (χ0n) is 10.4. The second kappa shape index (κ2) is 5.45. The van der Waals surface area contributed by atoms with Crippen LogP contribution in [0.25, 0.3) is 0 Å². The Morgan fingerprint density at radius 1 is 1.35 bits per heavy atom. The van der Waals surface area contributed by atoms with E-state index in [4.69, 9.17) is 0 Å². The van der Waals surface area contributed by atoms with Crippen molar-refractivity contribution in [1.29, 1.82) is 0 Å². The third-order valence-corrected chi connectivity index (χ3v) is 2.43. The minimum Gasteiger partial charge on any atom is -0.405 e. The van der Waals surface area contributed by atoms with E-state index < -0.39 is 18.2 Å². The van der Waals surface area contributed by atoms with Crippen molar-refractivity contribution in [3.63, 3.8) is 0 Å². The second-order valence-electron chi connectivity index (χ2n) is 4.00. The molecule has 1 aromatic heterocycles. The minimum absolute atomic E-state index is 0.0114. The van der Waals surface area contributed by atoms with Crippen molar-refractivity contribution in [3.05, 3.63) is 35.7 Å². The highest BCUT2D eigenvalue weighted by atomic mass is 19.4. The molecule has 0 aliphatic heterocycles. The van der Waals surface area contributed by atoms with Crippen molar-refractivity contribution in [2.24, 2.45) is 7.05 Å². The van der Waals surface area contributed by atoms with Crippen LogP contribution < -0.4 is 4.74 Å². The lowest BCUT2D eigenvalue weighted by atomic mass is 10.1. The average Bonchev–Trinajstić information content (AvgIpc) is 2.73. The van der Waals surface area contributed by atoms with E-state index in [1.165, 1.54) is 23.0 Å². The number of benzene rings is 1. The van der Waals surface area contributed by atoms with Gasteiger partial charge in [-0.25, -0.2) is 0 Å². The Morgan fingerprint density at radius 3 is 2.65 bits per heavy atom. The average molecular weight is 288 g/mol. The molecule has 1 unspecified atom stereocenters. The van der Waals surface area contributed by atoms with Gasteiger partial charge in [-0.15, -0.1) is 23.4 Å². The standard InChI is InChI=1S/C11H11F3N4O2/c1-18-16-10(15-17-18)6-8(19)7-4-2-3-5-9(7)20-11(12,13)14/h2-5,8,19H,6H2,1H3. The number of halogens is 3. The number of tetrazole rings is 1. The quantitative estimate of drug-likeness (QED) is 0.920. The van der Waals surface area contributed by atoms with Gasteiger partial charge in [-0.2, -0.15) is 4.80 Å². The summed E-state index contributed by atoms with van der Waals surface area (Å²) in [6, 6.07) is 5.38. The van der Waals surface area contributed by atoms with E-state index in [2.05, 4.69) is 20.1 Å². The molecule has 2 aromatic rings. The van der Waals surface area contributed by atoms with Gasteiger partial charge in [-0.1, -0.05) is 18.2 Å². The maximum absolute atomic E-state index is 12.3. The Bertz CT molecular complexity index is 585. The molecular weight excluding hydrogens is 277 g/mol. The van der Waals surface area contributed by atoms with Gasteiger partial charge in [0, 0.05) is 12.0 Å². The Hall–Kier alpha value is -2.16. The number of aryl methyl sites for hydroxylation is 1. The number of hydrogen-bond donors (Lipinski definition) is 1. The Kier molecular flexibility index (Phi) is 3.89. The monoisotopic (exact) mass is 288 g/mol. The van der Waals surface area contributed by atoms with Gasteiger partial charge < -0.3 is 9.84 Å². The Balaban J connectivity index is 2.19. The zero-order valence-corrected chi connectivity index (χ0v) is 10.4. The molecule has 20 heavy (non-hydrogen) atoms. The van der Waals surface area contributed by atoms with Gasteiger partial charge in [0.25, 0.3) is 0 Å². The normalized spacial score (nSPS) is 13.2. The van der Waals surface area contributed by atoms with Gasteiger partial charge in [0.15, 0.2) is 5.82 Å². The summed E-state index contributed by atoms with van der Waals surface area (Å²) in [6.45, 7) is 0. The summed E-state index contributed by atoms with van der Waals surface area (Å²) in [6.07, 6.45) is -6.11. The molecule has 1 aromatic carbocycles. The molecule has 9 heteroatoms. The van der Waals surface area contributed by atoms with Gasteiger partial charge in [0.2, 0.25) is 0 Å². The first-order valence-corrected chi connectivity index (χ1v) is 5.61. The lowest BCUT2D eigenvalue weighted by Gasteiger charge is -2.16. The van der Waals surface area contributed by atoms with Crippen molar-refractivity contribution < 1.29 is 23.0 Å². The number of aliphatic hydroxyl groups excluding tert-OH is 1. The van der Waals surface area contributed by atoms with Crippen molar-refractivity contribution in [2.75, 3.05) is 0 Å². The predicted molar refractivity (Wildman–Crippen MR) is 60.6 cm³/mol. The van der Waals surface area contributed by atoms with Crippen LogP contribution in [0.15, 0.2) is 24.3 Å². The molecular formula is C11H11F3N4O2. The second-order valence-corrected chi connectivity index (χ2v) is 4.00. The largest absolute Gasteiger partial charge is 0.573 e. The SMILES string of the molecule is Cn1nnc(CC(O)c2ccccc2OC(F)(F)F)n1. The number of nitrogens with zero attached hydrogens (tertiary/aromatic N) is 4. The van der Waals surface area contributed by atoms with Gasteiger partial charge in [0.05, 0.1) is 13.2 Å². The van der Waals surface area contributed by atoms with Crippen LogP contribution >= 0.6 is 0 Å². The summed E-state index contributed by atoms with van der Waals surface area (Å²) in [7, 11) is 1.55. The first-order valence-electron chi connectivity index (χ1n) is 5.61. The zero-order chi connectivity index (χ0) is 14.8. The van der Waals surface area contributed by atoms with Crippen LogP contribution in [-0.2, 0) is 13.5 Å². The number of hydrogen-bond acceptors (Lipinski definition) is 5. The highest BCUT2D eigenvalue weighted by molar-refractivity contribution is 5.35. The van der Waals surface area contributed by atoms with Crippen LogP contribution in [0.5, 0.6) is 5.75 Å². The number of ether oxygens (including phenoxy) is 1. The summed E-state index contributed by atoms with van der Waals surface area (Å²) in [5, 5.41) is 21.1. The predicted octanol–water partition coefficient (Wildman–Crippen LogP) is 1.38. The number of aliphatic hydroxyl groups is 1. The molecule has 1 atom stereocenters. The third kappa shape index (κ3) is 3.67. The van der Waals surface area contributed by atoms with Crippen LogP contribution in [0.2, 0.25) is 0 Å². The van der Waals surface area contributed by atoms with Crippen LogP contribution in [0.3, 0.4) is 0 Å². The van der Waals surface area contributed by atoms with Crippen molar-refractivity contribution in [2.45, 2.75) is 18.9 Å². The molecule has 0 amide bonds. The smallest absolute Gasteiger partial charge is 0.405 e. The summed E-state index contributed by atoms with van der Waals surface area (Å²) < 4.78 is 40.7. The fraction of sp³-hybridized carbons (Fsp3) is 0.364. The van der Waals surface area contributed by atoms with Crippen LogP contribution in [0.1, 0.15) is 17.5 Å². The molecule has 0 saturated carbocycles. The molecule has 0 radical (unpaired) electrons. The Labute approximate surface area is 111 Å². The summed E-state index contributed by atoms with van der Waals surface area (Å²) in [5.74, 6) is -0.224. The molecule has 0 aliphatic carbocycles. The first-order chi connectivity index (χ1) is 9.35. The summed E-state index contributed by atoms with van der Waals surface area (Å²) in [5.41, 5.74) is 0.0114. The van der Waals surface area contributed by atoms with E-state index in [0.717, 1.165) is 6.07 Å². The fourth-order valence-corrected chi connectivity index (χ4v) is 1.66. The maximum atomic E-state index is 12.3. The van der Waals surface area contributed by atoms with Gasteiger partial charge >= 0.3 is 6.36 Å². The van der Waals surface area contributed by atoms with Crippen LogP contribution in [-0.4, -0.2) is 31.7 Å². The number of rotatable bonds is 4. The molecule has 0 aliphatic rings. The number of aromatic nitrogens is 4. The summed E-state index contributed by atoms with van der Waals surface area (Å²) in [4.78, 5) is 1.19. The summed E-state index contributed by atoms with van der Waals surface area (Å²) >= 11 is 0. The molecule has 6 nitrogen and oxygen atoms in total. The topological polar surface area (TPSA) is 73.1 Å². The van der Waals surface area contributed by atoms with E-state index in [-0.39, 0.29) is 17.8 Å². The fourth-order valence-electron chi connectivity index (χ4n) is 1.66. The number of para-hydroxylation sites is 1. The first kappa shape index (κ1) is 14.3. The lowest BCUT2D eigenvalue weighted by Crippen LogP contribution is -2.19. The minimum atomic E-state index is -4.82. The molecule has 108 valence electrons.